The summed E-state index contributed by atoms with van der Waals surface area (Å²) in [6.45, 7) is 1.89. The number of hydrogen-bond donors (Lipinski definition) is 1. The first kappa shape index (κ1) is 18.7. The van der Waals surface area contributed by atoms with Gasteiger partial charge >= 0.3 is 5.97 Å². The lowest BCUT2D eigenvalue weighted by molar-refractivity contribution is -0.125. The Morgan fingerprint density at radius 3 is 2.72 bits per heavy atom. The van der Waals surface area contributed by atoms with Crippen LogP contribution in [0.2, 0.25) is 0 Å². The fraction of sp³-hybridized carbons (Fsp3) is 0.238. The number of hydrogen-bond acceptors (Lipinski definition) is 7. The smallest absolute Gasteiger partial charge is 0.338 e. The summed E-state index contributed by atoms with van der Waals surface area (Å²) in [6, 6.07) is 13.9. The molecule has 0 saturated carbocycles. The van der Waals surface area contributed by atoms with E-state index >= 15 is 0 Å². The Bertz CT molecular complexity index is 1030. The normalized spacial score (nSPS) is 15.1. The monoisotopic (exact) mass is 393 g/mol. The average molecular weight is 393 g/mol. The van der Waals surface area contributed by atoms with Gasteiger partial charge in [0.1, 0.15) is 5.75 Å². The largest absolute Gasteiger partial charge is 0.493 e. The van der Waals surface area contributed by atoms with E-state index in [2.05, 4.69) is 15.5 Å². The molecule has 0 spiro atoms. The summed E-state index contributed by atoms with van der Waals surface area (Å²) in [5.74, 6) is 0.719. The van der Waals surface area contributed by atoms with E-state index in [1.54, 1.807) is 31.2 Å². The molecule has 2 heterocycles. The van der Waals surface area contributed by atoms with Gasteiger partial charge in [0.25, 0.3) is 11.8 Å². The highest BCUT2D eigenvalue weighted by atomic mass is 16.5. The lowest BCUT2D eigenvalue weighted by atomic mass is 10.0. The van der Waals surface area contributed by atoms with Crippen LogP contribution in [0, 0.1) is 6.92 Å². The minimum Gasteiger partial charge on any atom is -0.493 e. The minimum atomic E-state index is -0.583. The predicted molar refractivity (Wildman–Crippen MR) is 102 cm³/mol. The van der Waals surface area contributed by atoms with Crippen LogP contribution in [-0.2, 0) is 9.53 Å². The van der Waals surface area contributed by atoms with Gasteiger partial charge in [-0.2, -0.15) is 4.98 Å². The second kappa shape index (κ2) is 8.14. The lowest BCUT2D eigenvalue weighted by Gasteiger charge is -2.26. The molecule has 0 bridgehead atoms. The topological polar surface area (TPSA) is 104 Å². The molecule has 29 heavy (non-hydrogen) atoms. The molecule has 1 atom stereocenters. The van der Waals surface area contributed by atoms with Crippen molar-refractivity contribution in [1.29, 1.82) is 0 Å². The summed E-state index contributed by atoms with van der Waals surface area (Å²) in [4.78, 5) is 28.6. The number of aromatic nitrogens is 2. The number of carbonyl (C=O) groups is 2. The van der Waals surface area contributed by atoms with Crippen molar-refractivity contribution in [1.82, 2.24) is 15.5 Å². The Kier molecular flexibility index (Phi) is 5.24. The van der Waals surface area contributed by atoms with Gasteiger partial charge in [-0.3, -0.25) is 4.79 Å². The zero-order valence-electron chi connectivity index (χ0n) is 15.8. The Morgan fingerprint density at radius 1 is 1.17 bits per heavy atom. The maximum absolute atomic E-state index is 12.2. The van der Waals surface area contributed by atoms with Gasteiger partial charge in [0, 0.05) is 17.5 Å². The number of aryl methyl sites for hydroxylation is 1. The molecule has 8 nitrogen and oxygen atoms in total. The first-order chi connectivity index (χ1) is 14.1. The van der Waals surface area contributed by atoms with Crippen molar-refractivity contribution in [2.24, 2.45) is 0 Å². The fourth-order valence-electron chi connectivity index (χ4n) is 3.11. The van der Waals surface area contributed by atoms with Gasteiger partial charge in [0.15, 0.2) is 12.4 Å². The fourth-order valence-corrected chi connectivity index (χ4v) is 3.11. The third-order valence-electron chi connectivity index (χ3n) is 4.52. The molecule has 0 radical (unpaired) electrons. The number of ether oxygens (including phenoxy) is 2. The van der Waals surface area contributed by atoms with Gasteiger partial charge in [0.2, 0.25) is 0 Å². The second-order valence-electron chi connectivity index (χ2n) is 6.60. The van der Waals surface area contributed by atoms with Crippen LogP contribution in [0.1, 0.15) is 34.2 Å². The van der Waals surface area contributed by atoms with Crippen LogP contribution in [-0.4, -0.2) is 35.2 Å². The Labute approximate surface area is 166 Å². The summed E-state index contributed by atoms with van der Waals surface area (Å²) in [6.07, 6.45) is 0.660. The first-order valence-electron chi connectivity index (χ1n) is 9.19. The molecule has 4 rings (SSSR count). The van der Waals surface area contributed by atoms with E-state index in [9.17, 15) is 9.59 Å². The van der Waals surface area contributed by atoms with Crippen molar-refractivity contribution in [3.63, 3.8) is 0 Å². The highest BCUT2D eigenvalue weighted by Gasteiger charge is 2.23. The van der Waals surface area contributed by atoms with Crippen molar-refractivity contribution >= 4 is 11.9 Å². The van der Waals surface area contributed by atoms with Crippen LogP contribution in [0.3, 0.4) is 0 Å². The SMILES string of the molecule is Cc1noc(-c2ccc(C(=O)OCC(=O)NC3CCOc4ccccc43)cc2)n1. The summed E-state index contributed by atoms with van der Waals surface area (Å²) in [5.41, 5.74) is 1.94. The van der Waals surface area contributed by atoms with Gasteiger partial charge in [-0.25, -0.2) is 4.79 Å². The summed E-state index contributed by atoms with van der Waals surface area (Å²) in [5, 5.41) is 6.62. The number of benzene rings is 2. The van der Waals surface area contributed by atoms with Crippen LogP contribution in [0.25, 0.3) is 11.5 Å². The van der Waals surface area contributed by atoms with Crippen LogP contribution >= 0.6 is 0 Å². The number of rotatable bonds is 5. The first-order valence-corrected chi connectivity index (χ1v) is 9.19. The zero-order valence-corrected chi connectivity index (χ0v) is 15.8. The second-order valence-corrected chi connectivity index (χ2v) is 6.60. The molecule has 0 fully saturated rings. The number of nitrogens with one attached hydrogen (secondary N) is 1. The van der Waals surface area contributed by atoms with E-state index in [1.165, 1.54) is 0 Å². The number of carbonyl (C=O) groups excluding carboxylic acids is 2. The van der Waals surface area contributed by atoms with E-state index in [1.807, 2.05) is 24.3 Å². The van der Waals surface area contributed by atoms with Crippen molar-refractivity contribution < 1.29 is 23.6 Å². The van der Waals surface area contributed by atoms with Crippen molar-refractivity contribution in [2.45, 2.75) is 19.4 Å². The Balaban J connectivity index is 1.32. The quantitative estimate of drug-likeness (QED) is 0.665. The molecule has 2 aromatic carbocycles. The third-order valence-corrected chi connectivity index (χ3v) is 4.52. The Morgan fingerprint density at radius 2 is 1.97 bits per heavy atom. The number of amides is 1. The number of fused-ring (bicyclic) bond motifs is 1. The van der Waals surface area contributed by atoms with E-state index in [4.69, 9.17) is 14.0 Å². The van der Waals surface area contributed by atoms with E-state index in [0.717, 1.165) is 11.3 Å². The molecular weight excluding hydrogens is 374 g/mol. The molecular formula is C21H19N3O5. The van der Waals surface area contributed by atoms with E-state index < -0.39 is 5.97 Å². The lowest BCUT2D eigenvalue weighted by Crippen LogP contribution is -2.35. The zero-order chi connectivity index (χ0) is 20.2. The van der Waals surface area contributed by atoms with Gasteiger partial charge in [-0.15, -0.1) is 0 Å². The molecule has 0 saturated heterocycles. The van der Waals surface area contributed by atoms with Gasteiger partial charge in [-0.1, -0.05) is 23.4 Å². The molecule has 1 aliphatic rings. The molecule has 1 aromatic heterocycles. The van der Waals surface area contributed by atoms with Crippen LogP contribution in [0.4, 0.5) is 0 Å². The summed E-state index contributed by atoms with van der Waals surface area (Å²) < 4.78 is 15.8. The van der Waals surface area contributed by atoms with Crippen LogP contribution < -0.4 is 10.1 Å². The highest BCUT2D eigenvalue weighted by Crippen LogP contribution is 2.31. The number of esters is 1. The van der Waals surface area contributed by atoms with Crippen molar-refractivity contribution in [3.8, 4) is 17.2 Å². The number of nitrogens with zero attached hydrogens (tertiary/aromatic N) is 2. The predicted octanol–water partition coefficient (Wildman–Crippen LogP) is 2.84. The highest BCUT2D eigenvalue weighted by molar-refractivity contribution is 5.91. The van der Waals surface area contributed by atoms with Gasteiger partial charge in [0.05, 0.1) is 18.2 Å². The molecule has 148 valence electrons. The molecule has 8 heteroatoms. The molecule has 1 N–H and O–H groups in total. The van der Waals surface area contributed by atoms with Crippen LogP contribution in [0.15, 0.2) is 53.1 Å². The molecule has 1 aliphatic heterocycles. The van der Waals surface area contributed by atoms with Gasteiger partial charge < -0.3 is 19.3 Å². The maximum atomic E-state index is 12.2. The molecule has 1 unspecified atom stereocenters. The molecule has 1 amide bonds. The van der Waals surface area contributed by atoms with Crippen LogP contribution in [0.5, 0.6) is 5.75 Å². The maximum Gasteiger partial charge on any atom is 0.338 e. The Hall–Kier alpha value is -3.68. The molecule has 3 aromatic rings. The van der Waals surface area contributed by atoms with E-state index in [-0.39, 0.29) is 18.6 Å². The summed E-state index contributed by atoms with van der Waals surface area (Å²) in [7, 11) is 0. The summed E-state index contributed by atoms with van der Waals surface area (Å²) >= 11 is 0. The standard InChI is InChI=1S/C21H19N3O5/c1-13-22-20(29-24-13)14-6-8-15(9-7-14)21(26)28-12-19(25)23-17-10-11-27-18-5-3-2-4-16(17)18/h2-9,17H,10-12H2,1H3,(H,23,25). The minimum absolute atomic E-state index is 0.164. The van der Waals surface area contributed by atoms with Crippen molar-refractivity contribution in [2.75, 3.05) is 13.2 Å². The molecule has 0 aliphatic carbocycles. The van der Waals surface area contributed by atoms with Crippen molar-refractivity contribution in [3.05, 3.63) is 65.5 Å². The average Bonchev–Trinajstić information content (AvgIpc) is 3.19. The number of para-hydroxylation sites is 1. The third kappa shape index (κ3) is 4.26. The van der Waals surface area contributed by atoms with Gasteiger partial charge in [-0.05, 0) is 37.3 Å². The van der Waals surface area contributed by atoms with E-state index in [0.29, 0.717) is 35.9 Å².